The number of aromatic amines is 1. The highest BCUT2D eigenvalue weighted by Gasteiger charge is 2.22. The topological polar surface area (TPSA) is 73.9 Å². The van der Waals surface area contributed by atoms with Crippen molar-refractivity contribution < 1.29 is 0 Å². The highest BCUT2D eigenvalue weighted by Crippen LogP contribution is 2.40. The zero-order valence-electron chi connectivity index (χ0n) is 15.6. The Labute approximate surface area is 161 Å². The van der Waals surface area contributed by atoms with Crippen molar-refractivity contribution in [1.82, 2.24) is 9.78 Å². The molecule has 0 spiro atoms. The van der Waals surface area contributed by atoms with Gasteiger partial charge in [-0.05, 0) is 57.2 Å². The second-order valence-corrected chi connectivity index (χ2v) is 8.07. The van der Waals surface area contributed by atoms with Crippen molar-refractivity contribution in [2.24, 2.45) is 4.99 Å². The van der Waals surface area contributed by atoms with Crippen LogP contribution in [0.25, 0.3) is 5.69 Å². The highest BCUT2D eigenvalue weighted by molar-refractivity contribution is 7.16. The van der Waals surface area contributed by atoms with E-state index in [2.05, 4.69) is 22.2 Å². The summed E-state index contributed by atoms with van der Waals surface area (Å²) in [4.78, 5) is 18.7. The summed E-state index contributed by atoms with van der Waals surface area (Å²) in [6.45, 7) is 5.89. The van der Waals surface area contributed by atoms with Gasteiger partial charge < -0.3 is 0 Å². The maximum absolute atomic E-state index is 12.9. The number of thiophene rings is 1. The van der Waals surface area contributed by atoms with Crippen LogP contribution in [0.15, 0.2) is 28.0 Å². The molecule has 0 atom stereocenters. The molecule has 1 aliphatic rings. The van der Waals surface area contributed by atoms with Gasteiger partial charge in [-0.2, -0.15) is 5.26 Å². The van der Waals surface area contributed by atoms with E-state index >= 15 is 0 Å². The van der Waals surface area contributed by atoms with E-state index in [0.717, 1.165) is 47.3 Å². The smallest absolute Gasteiger partial charge is 0.280 e. The minimum atomic E-state index is -0.134. The van der Waals surface area contributed by atoms with E-state index in [4.69, 9.17) is 0 Å². The lowest BCUT2D eigenvalue weighted by atomic mass is 10.1. The molecule has 0 amide bonds. The second kappa shape index (κ2) is 6.67. The van der Waals surface area contributed by atoms with Gasteiger partial charge in [0.25, 0.3) is 5.56 Å². The molecule has 0 fully saturated rings. The van der Waals surface area contributed by atoms with Crippen LogP contribution in [0, 0.1) is 32.1 Å². The van der Waals surface area contributed by atoms with Gasteiger partial charge in [0.2, 0.25) is 0 Å². The Morgan fingerprint density at radius 3 is 2.85 bits per heavy atom. The number of nitrogens with zero attached hydrogens (tertiary/aromatic N) is 3. The molecule has 0 radical (unpaired) electrons. The molecule has 2 heterocycles. The van der Waals surface area contributed by atoms with Gasteiger partial charge in [0, 0.05) is 16.8 Å². The van der Waals surface area contributed by atoms with E-state index in [1.165, 1.54) is 4.88 Å². The number of hydrogen-bond acceptors (Lipinski definition) is 4. The maximum Gasteiger partial charge on any atom is 0.280 e. The number of aromatic nitrogens is 2. The van der Waals surface area contributed by atoms with E-state index < -0.39 is 0 Å². The first-order valence-corrected chi connectivity index (χ1v) is 9.79. The molecule has 136 valence electrons. The molecule has 0 saturated carbocycles. The van der Waals surface area contributed by atoms with Crippen LogP contribution >= 0.6 is 11.3 Å². The van der Waals surface area contributed by atoms with Crippen LogP contribution in [0.2, 0.25) is 0 Å². The minimum Gasteiger partial charge on any atom is -0.295 e. The lowest BCUT2D eigenvalue weighted by Crippen LogP contribution is -2.18. The molecule has 1 aromatic carbocycles. The summed E-state index contributed by atoms with van der Waals surface area (Å²) in [5.41, 5.74) is 5.98. The number of hydrogen-bond donors (Lipinski definition) is 1. The van der Waals surface area contributed by atoms with E-state index in [1.807, 2.05) is 32.9 Å². The Morgan fingerprint density at radius 1 is 1.30 bits per heavy atom. The summed E-state index contributed by atoms with van der Waals surface area (Å²) in [6.07, 6.45) is 4.67. The highest BCUT2D eigenvalue weighted by atomic mass is 32.1. The number of benzene rings is 1. The van der Waals surface area contributed by atoms with Crippen molar-refractivity contribution in [1.29, 1.82) is 5.26 Å². The summed E-state index contributed by atoms with van der Waals surface area (Å²) in [6, 6.07) is 8.28. The van der Waals surface area contributed by atoms with Crippen molar-refractivity contribution in [3.8, 4) is 11.8 Å². The molecule has 0 unspecified atom stereocenters. The molecule has 4 rings (SSSR count). The first-order chi connectivity index (χ1) is 13.0. The lowest BCUT2D eigenvalue weighted by molar-refractivity contribution is 0.828. The summed E-state index contributed by atoms with van der Waals surface area (Å²) in [5, 5.41) is 13.3. The molecule has 0 bridgehead atoms. The van der Waals surface area contributed by atoms with Gasteiger partial charge in [0.05, 0.1) is 16.8 Å². The quantitative estimate of drug-likeness (QED) is 0.694. The molecule has 2 aromatic heterocycles. The Kier molecular flexibility index (Phi) is 4.33. The summed E-state index contributed by atoms with van der Waals surface area (Å²) >= 11 is 1.57. The Hall–Kier alpha value is -2.91. The first kappa shape index (κ1) is 17.5. The van der Waals surface area contributed by atoms with Crippen molar-refractivity contribution >= 4 is 22.6 Å². The molecule has 5 nitrogen and oxygen atoms in total. The van der Waals surface area contributed by atoms with Crippen LogP contribution in [0.5, 0.6) is 0 Å². The Balaban J connectivity index is 1.74. The van der Waals surface area contributed by atoms with Crippen LogP contribution in [-0.4, -0.2) is 16.0 Å². The van der Waals surface area contributed by atoms with Crippen LogP contribution in [0.4, 0.5) is 5.00 Å². The van der Waals surface area contributed by atoms with Gasteiger partial charge >= 0.3 is 0 Å². The standard InChI is InChI=1S/C21H20N4OS/c1-12-7-8-18(13(2)9-12)25-21(26)17(14(3)24-25)11-23-20-16(10-22)15-5-4-6-19(15)27-20/h7-9,11,24H,4-6H2,1-3H3/b23-11+. The molecule has 0 saturated heterocycles. The van der Waals surface area contributed by atoms with Crippen molar-refractivity contribution in [2.75, 3.05) is 0 Å². The average molecular weight is 376 g/mol. The zero-order chi connectivity index (χ0) is 19.1. The summed E-state index contributed by atoms with van der Waals surface area (Å²) in [7, 11) is 0. The van der Waals surface area contributed by atoms with Gasteiger partial charge in [-0.25, -0.2) is 9.67 Å². The monoisotopic (exact) mass is 376 g/mol. The normalized spacial score (nSPS) is 13.3. The van der Waals surface area contributed by atoms with Crippen molar-refractivity contribution in [2.45, 2.75) is 40.0 Å². The van der Waals surface area contributed by atoms with E-state index in [1.54, 1.807) is 22.2 Å². The molecular formula is C21H20N4OS. The number of aliphatic imine (C=N–C) groups is 1. The first-order valence-electron chi connectivity index (χ1n) is 8.97. The SMILES string of the molecule is Cc1ccc(-n2[nH]c(C)c(/C=N/c3sc4c(c3C#N)CCC4)c2=O)c(C)c1. The predicted octanol–water partition coefficient (Wildman–Crippen LogP) is 4.26. The van der Waals surface area contributed by atoms with Crippen molar-refractivity contribution in [3.63, 3.8) is 0 Å². The largest absolute Gasteiger partial charge is 0.295 e. The van der Waals surface area contributed by atoms with Gasteiger partial charge in [0.1, 0.15) is 11.1 Å². The van der Waals surface area contributed by atoms with E-state index in [0.29, 0.717) is 16.1 Å². The fourth-order valence-electron chi connectivity index (χ4n) is 3.66. The molecule has 0 aliphatic heterocycles. The Bertz CT molecular complexity index is 1170. The third-order valence-electron chi connectivity index (χ3n) is 5.04. The average Bonchev–Trinajstić information content (AvgIpc) is 3.27. The predicted molar refractivity (Wildman–Crippen MR) is 109 cm³/mol. The van der Waals surface area contributed by atoms with Crippen LogP contribution in [0.1, 0.15) is 44.8 Å². The number of H-pyrrole nitrogens is 1. The summed E-state index contributed by atoms with van der Waals surface area (Å²) < 4.78 is 1.56. The molecule has 1 N–H and O–H groups in total. The fourth-order valence-corrected chi connectivity index (χ4v) is 4.84. The molecule has 27 heavy (non-hydrogen) atoms. The van der Waals surface area contributed by atoms with Gasteiger partial charge in [-0.1, -0.05) is 17.7 Å². The van der Waals surface area contributed by atoms with E-state index in [-0.39, 0.29) is 5.56 Å². The van der Waals surface area contributed by atoms with Gasteiger partial charge in [-0.15, -0.1) is 11.3 Å². The number of nitrogens with one attached hydrogen (secondary N) is 1. The second-order valence-electron chi connectivity index (χ2n) is 6.99. The van der Waals surface area contributed by atoms with E-state index in [9.17, 15) is 10.1 Å². The molecule has 6 heteroatoms. The number of fused-ring (bicyclic) bond motifs is 1. The number of rotatable bonds is 3. The lowest BCUT2D eigenvalue weighted by Gasteiger charge is -2.06. The van der Waals surface area contributed by atoms with Gasteiger partial charge in [0.15, 0.2) is 0 Å². The number of aryl methyl sites for hydroxylation is 4. The number of nitriles is 1. The minimum absolute atomic E-state index is 0.134. The zero-order valence-corrected chi connectivity index (χ0v) is 16.4. The van der Waals surface area contributed by atoms with Gasteiger partial charge in [-0.3, -0.25) is 9.89 Å². The molecular weight excluding hydrogens is 356 g/mol. The Morgan fingerprint density at radius 2 is 2.11 bits per heavy atom. The van der Waals surface area contributed by atoms with Crippen LogP contribution in [-0.2, 0) is 12.8 Å². The van der Waals surface area contributed by atoms with Crippen molar-refractivity contribution in [3.05, 3.63) is 66.9 Å². The molecule has 3 aromatic rings. The summed E-state index contributed by atoms with van der Waals surface area (Å²) in [5.74, 6) is 0. The van der Waals surface area contributed by atoms with Crippen LogP contribution < -0.4 is 5.56 Å². The molecule has 1 aliphatic carbocycles. The third kappa shape index (κ3) is 2.94. The maximum atomic E-state index is 12.9. The van der Waals surface area contributed by atoms with Crippen LogP contribution in [0.3, 0.4) is 0 Å². The fraction of sp³-hybridized carbons (Fsp3) is 0.286. The third-order valence-corrected chi connectivity index (χ3v) is 6.24.